The van der Waals surface area contributed by atoms with E-state index in [9.17, 15) is 18.3 Å². The molecule has 0 aliphatic carbocycles. The van der Waals surface area contributed by atoms with Gasteiger partial charge in [0.05, 0.1) is 19.4 Å². The molecule has 0 amide bonds. The molecular formula is C25H27NO6S. The van der Waals surface area contributed by atoms with Gasteiger partial charge in [0.1, 0.15) is 11.5 Å². The molecule has 0 heterocycles. The highest BCUT2D eigenvalue weighted by Crippen LogP contribution is 2.18. The minimum atomic E-state index is -3.57. The number of carboxylic acids is 1. The van der Waals surface area contributed by atoms with E-state index in [1.165, 1.54) is 0 Å². The number of ether oxygens (including phenoxy) is 1. The molecule has 0 atom stereocenters. The molecule has 0 spiro atoms. The average Bonchev–Trinajstić information content (AvgIpc) is 2.73. The maximum Gasteiger partial charge on any atom is 0.317 e. The Morgan fingerprint density at radius 1 is 0.848 bits per heavy atom. The van der Waals surface area contributed by atoms with E-state index in [1.54, 1.807) is 18.2 Å². The van der Waals surface area contributed by atoms with Gasteiger partial charge in [-0.3, -0.25) is 9.69 Å². The second-order valence-corrected chi connectivity index (χ2v) is 9.28. The molecular weight excluding hydrogens is 442 g/mol. The molecule has 0 aliphatic rings. The number of benzene rings is 3. The van der Waals surface area contributed by atoms with Crippen LogP contribution in [0.15, 0.2) is 78.9 Å². The Bertz CT molecular complexity index is 1160. The van der Waals surface area contributed by atoms with Crippen LogP contribution in [0.25, 0.3) is 0 Å². The first kappa shape index (κ1) is 24.3. The van der Waals surface area contributed by atoms with Crippen LogP contribution in [0.4, 0.5) is 0 Å². The van der Waals surface area contributed by atoms with E-state index in [2.05, 4.69) is 0 Å². The van der Waals surface area contributed by atoms with Crippen LogP contribution < -0.4 is 8.92 Å². The Kier molecular flexibility index (Phi) is 8.46. The zero-order valence-electron chi connectivity index (χ0n) is 18.4. The topological polar surface area (TPSA) is 93.1 Å². The molecule has 0 aromatic heterocycles. The van der Waals surface area contributed by atoms with Crippen LogP contribution in [0, 0.1) is 0 Å². The summed E-state index contributed by atoms with van der Waals surface area (Å²) in [5, 5.41) is 9.29. The van der Waals surface area contributed by atoms with Gasteiger partial charge in [0.2, 0.25) is 0 Å². The van der Waals surface area contributed by atoms with E-state index < -0.39 is 16.1 Å². The lowest BCUT2D eigenvalue weighted by atomic mass is 10.1. The lowest BCUT2D eigenvalue weighted by molar-refractivity contribution is -0.138. The van der Waals surface area contributed by atoms with Crippen LogP contribution in [0.5, 0.6) is 11.5 Å². The first-order valence-corrected chi connectivity index (χ1v) is 12.3. The van der Waals surface area contributed by atoms with Crippen molar-refractivity contribution in [3.8, 4) is 11.5 Å². The predicted molar refractivity (Wildman–Crippen MR) is 126 cm³/mol. The maximum atomic E-state index is 11.3. The first-order chi connectivity index (χ1) is 15.8. The van der Waals surface area contributed by atoms with Crippen LogP contribution in [0.2, 0.25) is 0 Å². The largest absolute Gasteiger partial charge is 0.493 e. The average molecular weight is 470 g/mol. The van der Waals surface area contributed by atoms with E-state index in [1.807, 2.05) is 65.6 Å². The van der Waals surface area contributed by atoms with E-state index in [-0.39, 0.29) is 12.3 Å². The minimum absolute atomic E-state index is 0.0636. The highest BCUT2D eigenvalue weighted by atomic mass is 32.2. The smallest absolute Gasteiger partial charge is 0.317 e. The predicted octanol–water partition coefficient (Wildman–Crippen LogP) is 3.73. The summed E-state index contributed by atoms with van der Waals surface area (Å²) in [4.78, 5) is 13.2. The Hall–Kier alpha value is -3.36. The van der Waals surface area contributed by atoms with E-state index in [0.29, 0.717) is 31.9 Å². The van der Waals surface area contributed by atoms with E-state index in [4.69, 9.17) is 8.92 Å². The third-order valence-corrected chi connectivity index (χ3v) is 5.21. The molecule has 8 heteroatoms. The Balaban J connectivity index is 1.58. The van der Waals surface area contributed by atoms with Gasteiger partial charge in [0.15, 0.2) is 0 Å². The fourth-order valence-corrected chi connectivity index (χ4v) is 3.86. The van der Waals surface area contributed by atoms with Crippen molar-refractivity contribution in [1.82, 2.24) is 4.90 Å². The number of hydrogen-bond donors (Lipinski definition) is 1. The van der Waals surface area contributed by atoms with Gasteiger partial charge in [-0.15, -0.1) is 0 Å². The van der Waals surface area contributed by atoms with Gasteiger partial charge in [-0.25, -0.2) is 0 Å². The lowest BCUT2D eigenvalue weighted by Crippen LogP contribution is -2.28. The quantitative estimate of drug-likeness (QED) is 0.404. The standard InChI is InChI=1S/C25H27NO6S/c1-33(29,30)32-24-12-5-9-20(15-24)13-14-31-23-11-6-10-22(16-23)18-26(19-25(27)28)17-21-7-3-2-4-8-21/h2-12,15-16H,13-14,17-19H2,1H3,(H,27,28). The van der Waals surface area contributed by atoms with Crippen molar-refractivity contribution in [2.75, 3.05) is 19.4 Å². The third kappa shape index (κ3) is 8.96. The normalized spacial score (nSPS) is 11.3. The number of nitrogens with zero attached hydrogens (tertiary/aromatic N) is 1. The summed E-state index contributed by atoms with van der Waals surface area (Å²) in [5.41, 5.74) is 2.89. The van der Waals surface area contributed by atoms with Gasteiger partial charge in [0, 0.05) is 19.5 Å². The molecule has 0 saturated carbocycles. The van der Waals surface area contributed by atoms with Crippen LogP contribution >= 0.6 is 0 Å². The summed E-state index contributed by atoms with van der Waals surface area (Å²) in [7, 11) is -3.57. The summed E-state index contributed by atoms with van der Waals surface area (Å²) >= 11 is 0. The van der Waals surface area contributed by atoms with Crippen molar-refractivity contribution < 1.29 is 27.2 Å². The lowest BCUT2D eigenvalue weighted by Gasteiger charge is -2.21. The molecule has 1 N–H and O–H groups in total. The van der Waals surface area contributed by atoms with Gasteiger partial charge in [-0.2, -0.15) is 8.42 Å². The summed E-state index contributed by atoms with van der Waals surface area (Å²) in [6, 6.07) is 24.2. The molecule has 3 aromatic carbocycles. The summed E-state index contributed by atoms with van der Waals surface area (Å²) in [6.07, 6.45) is 1.58. The molecule has 0 unspecified atom stereocenters. The van der Waals surface area contributed by atoms with Crippen LogP contribution in [-0.2, 0) is 34.4 Å². The number of carboxylic acid groups (broad SMARTS) is 1. The van der Waals surface area contributed by atoms with Crippen LogP contribution in [0.1, 0.15) is 16.7 Å². The number of rotatable bonds is 12. The molecule has 3 rings (SSSR count). The highest BCUT2D eigenvalue weighted by molar-refractivity contribution is 7.86. The molecule has 0 aliphatic heterocycles. The maximum absolute atomic E-state index is 11.3. The monoisotopic (exact) mass is 469 g/mol. The van der Waals surface area contributed by atoms with E-state index >= 15 is 0 Å². The van der Waals surface area contributed by atoms with Crippen LogP contribution in [0.3, 0.4) is 0 Å². The first-order valence-electron chi connectivity index (χ1n) is 10.4. The van der Waals surface area contributed by atoms with Crippen LogP contribution in [-0.4, -0.2) is 43.8 Å². The summed E-state index contributed by atoms with van der Waals surface area (Å²) in [6.45, 7) is 1.34. The molecule has 0 radical (unpaired) electrons. The van der Waals surface area contributed by atoms with Crippen molar-refractivity contribution in [3.63, 3.8) is 0 Å². The minimum Gasteiger partial charge on any atom is -0.493 e. The van der Waals surface area contributed by atoms with Gasteiger partial charge in [-0.1, -0.05) is 54.6 Å². The second kappa shape index (κ2) is 11.5. The fraction of sp³-hybridized carbons (Fsp3) is 0.240. The number of carbonyl (C=O) groups is 1. The van der Waals surface area contributed by atoms with Crippen molar-refractivity contribution >= 4 is 16.1 Å². The van der Waals surface area contributed by atoms with E-state index in [0.717, 1.165) is 22.9 Å². The van der Waals surface area contributed by atoms with Gasteiger partial charge in [-0.05, 0) is 41.0 Å². The number of aliphatic carboxylic acids is 1. The molecule has 174 valence electrons. The highest BCUT2D eigenvalue weighted by Gasteiger charge is 2.12. The third-order valence-electron chi connectivity index (χ3n) is 4.72. The van der Waals surface area contributed by atoms with Gasteiger partial charge < -0.3 is 14.0 Å². The summed E-state index contributed by atoms with van der Waals surface area (Å²) < 4.78 is 33.4. The molecule has 33 heavy (non-hydrogen) atoms. The van der Waals surface area contributed by atoms with Crippen molar-refractivity contribution in [2.45, 2.75) is 19.5 Å². The molecule has 0 saturated heterocycles. The SMILES string of the molecule is CS(=O)(=O)Oc1cccc(CCOc2cccc(CN(CC(=O)O)Cc3ccccc3)c2)c1. The molecule has 0 bridgehead atoms. The molecule has 7 nitrogen and oxygen atoms in total. The Labute approximate surface area is 194 Å². The Morgan fingerprint density at radius 2 is 1.45 bits per heavy atom. The van der Waals surface area contributed by atoms with Gasteiger partial charge in [0.25, 0.3) is 0 Å². The Morgan fingerprint density at radius 3 is 2.15 bits per heavy atom. The van der Waals surface area contributed by atoms with Crippen molar-refractivity contribution in [2.24, 2.45) is 0 Å². The van der Waals surface area contributed by atoms with Crippen molar-refractivity contribution in [1.29, 1.82) is 0 Å². The zero-order chi connectivity index (χ0) is 23.7. The zero-order valence-corrected chi connectivity index (χ0v) is 19.2. The second-order valence-electron chi connectivity index (χ2n) is 7.71. The van der Waals surface area contributed by atoms with Crippen molar-refractivity contribution in [3.05, 3.63) is 95.6 Å². The molecule has 3 aromatic rings. The number of hydrogen-bond acceptors (Lipinski definition) is 6. The van der Waals surface area contributed by atoms with Gasteiger partial charge >= 0.3 is 16.1 Å². The molecule has 0 fully saturated rings. The fourth-order valence-electron chi connectivity index (χ4n) is 3.41. The summed E-state index contributed by atoms with van der Waals surface area (Å²) in [5.74, 6) is 0.0837.